The summed E-state index contributed by atoms with van der Waals surface area (Å²) in [7, 11) is -4.19. The minimum Gasteiger partial charge on any atom is -0.225 e. The van der Waals surface area contributed by atoms with Crippen molar-refractivity contribution in [3.05, 3.63) is 29.8 Å². The molecular weight excluding hydrogens is 188 g/mol. The average Bonchev–Trinajstić information content (AvgIpc) is 1.92. The lowest BCUT2D eigenvalue weighted by Gasteiger charge is -1.98. The molecule has 0 saturated heterocycles. The van der Waals surface area contributed by atoms with Crippen LogP contribution in [0.4, 0.5) is 8.78 Å². The van der Waals surface area contributed by atoms with Crippen LogP contribution in [0, 0.1) is 17.7 Å². The fourth-order valence-corrected chi connectivity index (χ4v) is 1.25. The molecule has 1 aromatic rings. The molecular formula is C6H4F2NO2S. The van der Waals surface area contributed by atoms with Gasteiger partial charge in [-0.25, -0.2) is 22.3 Å². The van der Waals surface area contributed by atoms with Crippen molar-refractivity contribution in [2.75, 3.05) is 0 Å². The lowest BCUT2D eigenvalue weighted by Crippen LogP contribution is -2.14. The number of hydrogen-bond donors (Lipinski definition) is 1. The van der Waals surface area contributed by atoms with Crippen LogP contribution in [0.3, 0.4) is 0 Å². The van der Waals surface area contributed by atoms with Crippen molar-refractivity contribution in [1.29, 1.82) is 0 Å². The van der Waals surface area contributed by atoms with Crippen molar-refractivity contribution in [1.82, 2.24) is 0 Å². The Labute approximate surface area is 67.9 Å². The normalized spacial score (nSPS) is 11.6. The highest BCUT2D eigenvalue weighted by atomic mass is 32.2. The lowest BCUT2D eigenvalue weighted by atomic mass is 10.3. The number of sulfonamides is 1. The van der Waals surface area contributed by atoms with Gasteiger partial charge >= 0.3 is 0 Å². The largest absolute Gasteiger partial charge is 0.241 e. The van der Waals surface area contributed by atoms with Gasteiger partial charge in [0.25, 0.3) is 0 Å². The molecule has 12 heavy (non-hydrogen) atoms. The Morgan fingerprint density at radius 2 is 2.00 bits per heavy atom. The highest BCUT2D eigenvalue weighted by Gasteiger charge is 2.14. The summed E-state index contributed by atoms with van der Waals surface area (Å²) in [6.07, 6.45) is 0. The molecule has 3 nitrogen and oxygen atoms in total. The van der Waals surface area contributed by atoms with Crippen molar-refractivity contribution in [3.8, 4) is 0 Å². The zero-order valence-electron chi connectivity index (χ0n) is 5.71. The molecule has 0 aliphatic heterocycles. The molecule has 0 spiro atoms. The molecule has 0 bridgehead atoms. The first-order valence-corrected chi connectivity index (χ1v) is 4.35. The standard InChI is InChI=1S/C6H4F2NO2S/c7-4-1-2-5(8)6(3-4)12(9,10)11/h2-3H,(H2,9,10,11). The highest BCUT2D eigenvalue weighted by molar-refractivity contribution is 7.89. The molecule has 0 unspecified atom stereocenters. The molecule has 1 radical (unpaired) electrons. The van der Waals surface area contributed by atoms with E-state index < -0.39 is 26.6 Å². The first kappa shape index (κ1) is 9.08. The number of nitrogens with two attached hydrogens (primary N) is 1. The van der Waals surface area contributed by atoms with Gasteiger partial charge in [0.15, 0.2) is 0 Å². The fraction of sp³-hybridized carbons (Fsp3) is 0. The number of benzene rings is 1. The zero-order valence-corrected chi connectivity index (χ0v) is 6.53. The predicted molar refractivity (Wildman–Crippen MR) is 36.6 cm³/mol. The summed E-state index contributed by atoms with van der Waals surface area (Å²) in [5.41, 5.74) is 0. The van der Waals surface area contributed by atoms with Crippen molar-refractivity contribution in [2.45, 2.75) is 4.90 Å². The molecule has 0 amide bonds. The summed E-state index contributed by atoms with van der Waals surface area (Å²) < 4.78 is 46.1. The summed E-state index contributed by atoms with van der Waals surface area (Å²) in [6.45, 7) is 0. The van der Waals surface area contributed by atoms with Crippen molar-refractivity contribution in [3.63, 3.8) is 0 Å². The van der Waals surface area contributed by atoms with E-state index in [0.717, 1.165) is 0 Å². The van der Waals surface area contributed by atoms with Crippen LogP contribution in [0.25, 0.3) is 0 Å². The van der Waals surface area contributed by atoms with Gasteiger partial charge in [-0.2, -0.15) is 0 Å². The Morgan fingerprint density at radius 1 is 1.42 bits per heavy atom. The quantitative estimate of drug-likeness (QED) is 0.700. The second-order valence-corrected chi connectivity index (χ2v) is 3.57. The molecule has 0 aliphatic rings. The second kappa shape index (κ2) is 2.80. The first-order valence-electron chi connectivity index (χ1n) is 2.81. The zero-order chi connectivity index (χ0) is 9.35. The second-order valence-electron chi connectivity index (χ2n) is 2.04. The van der Waals surface area contributed by atoms with Gasteiger partial charge in [0.1, 0.15) is 16.5 Å². The fourth-order valence-electron chi connectivity index (χ4n) is 0.647. The van der Waals surface area contributed by atoms with Gasteiger partial charge in [0, 0.05) is 6.07 Å². The lowest BCUT2D eigenvalue weighted by molar-refractivity contribution is 0.553. The molecule has 6 heteroatoms. The molecule has 1 aromatic carbocycles. The molecule has 0 aliphatic carbocycles. The topological polar surface area (TPSA) is 60.2 Å². The molecule has 1 rings (SSSR count). The third-order valence-electron chi connectivity index (χ3n) is 1.14. The van der Waals surface area contributed by atoms with Crippen LogP contribution < -0.4 is 5.14 Å². The van der Waals surface area contributed by atoms with Crippen LogP contribution in [-0.2, 0) is 10.0 Å². The minimum absolute atomic E-state index is 0.477. The third-order valence-corrected chi connectivity index (χ3v) is 2.06. The van der Waals surface area contributed by atoms with Gasteiger partial charge in [-0.15, -0.1) is 0 Å². The Bertz CT molecular complexity index is 402. The molecule has 0 fully saturated rings. The van der Waals surface area contributed by atoms with E-state index in [4.69, 9.17) is 0 Å². The molecule has 0 aromatic heterocycles. The summed E-state index contributed by atoms with van der Waals surface area (Å²) >= 11 is 0. The Balaban J connectivity index is 3.43. The van der Waals surface area contributed by atoms with Crippen LogP contribution in [0.15, 0.2) is 17.0 Å². The first-order chi connectivity index (χ1) is 5.41. The van der Waals surface area contributed by atoms with Gasteiger partial charge in [-0.1, -0.05) is 0 Å². The van der Waals surface area contributed by atoms with E-state index in [1.807, 2.05) is 6.07 Å². The predicted octanol–water partition coefficient (Wildman–Crippen LogP) is 0.412. The number of hydrogen-bond acceptors (Lipinski definition) is 2. The van der Waals surface area contributed by atoms with Crippen LogP contribution in [0.1, 0.15) is 0 Å². The summed E-state index contributed by atoms with van der Waals surface area (Å²) in [5, 5.41) is 4.58. The van der Waals surface area contributed by atoms with Gasteiger partial charge in [-0.05, 0) is 12.1 Å². The maximum Gasteiger partial charge on any atom is 0.241 e. The summed E-state index contributed by atoms with van der Waals surface area (Å²) in [6, 6.07) is 2.91. The molecule has 0 atom stereocenters. The van der Waals surface area contributed by atoms with E-state index in [1.54, 1.807) is 0 Å². The maximum atomic E-state index is 12.6. The summed E-state index contributed by atoms with van der Waals surface area (Å²) in [4.78, 5) is -0.862. The van der Waals surface area contributed by atoms with Crippen molar-refractivity contribution < 1.29 is 17.2 Å². The highest BCUT2D eigenvalue weighted by Crippen LogP contribution is 2.12. The van der Waals surface area contributed by atoms with E-state index >= 15 is 0 Å². The van der Waals surface area contributed by atoms with E-state index in [9.17, 15) is 17.2 Å². The molecule has 0 saturated carbocycles. The SMILES string of the molecule is NS(=O)(=O)c1cc(F)[c]cc1F. The number of halogens is 2. The summed E-state index contributed by atoms with van der Waals surface area (Å²) in [5.74, 6) is -2.08. The Kier molecular flexibility index (Phi) is 2.12. The Hall–Kier alpha value is -1.01. The Morgan fingerprint density at radius 3 is 2.42 bits per heavy atom. The number of rotatable bonds is 1. The third kappa shape index (κ3) is 1.77. The molecule has 65 valence electrons. The van der Waals surface area contributed by atoms with Gasteiger partial charge in [0.05, 0.1) is 0 Å². The van der Waals surface area contributed by atoms with Crippen LogP contribution in [0.2, 0.25) is 0 Å². The monoisotopic (exact) mass is 192 g/mol. The van der Waals surface area contributed by atoms with Crippen LogP contribution >= 0.6 is 0 Å². The van der Waals surface area contributed by atoms with Crippen molar-refractivity contribution in [2.24, 2.45) is 5.14 Å². The van der Waals surface area contributed by atoms with Crippen molar-refractivity contribution >= 4 is 10.0 Å². The van der Waals surface area contributed by atoms with Gasteiger partial charge < -0.3 is 0 Å². The van der Waals surface area contributed by atoms with Gasteiger partial charge in [-0.3, -0.25) is 0 Å². The number of primary sulfonamides is 1. The van der Waals surface area contributed by atoms with E-state index in [1.165, 1.54) is 0 Å². The van der Waals surface area contributed by atoms with E-state index in [-0.39, 0.29) is 0 Å². The van der Waals surface area contributed by atoms with E-state index in [2.05, 4.69) is 5.14 Å². The smallest absolute Gasteiger partial charge is 0.225 e. The maximum absolute atomic E-state index is 12.6. The molecule has 2 N–H and O–H groups in total. The minimum atomic E-state index is -4.19. The average molecular weight is 192 g/mol. The van der Waals surface area contributed by atoms with Crippen LogP contribution in [0.5, 0.6) is 0 Å². The molecule has 0 heterocycles. The van der Waals surface area contributed by atoms with E-state index in [0.29, 0.717) is 12.1 Å². The van der Waals surface area contributed by atoms with Gasteiger partial charge in [0.2, 0.25) is 10.0 Å². The van der Waals surface area contributed by atoms with Crippen LogP contribution in [-0.4, -0.2) is 8.42 Å².